The summed E-state index contributed by atoms with van der Waals surface area (Å²) in [5, 5.41) is 0. The van der Waals surface area contributed by atoms with Gasteiger partial charge in [-0.1, -0.05) is 6.07 Å². The zero-order valence-corrected chi connectivity index (χ0v) is 8.98. The standard InChI is InChI=1S/C11H14FNO3/c1-14-10-3-2-7(4-9(10)12)11-15-6-8(5-13)16-11/h2-4,8,11H,5-6,13H2,1H3. The van der Waals surface area contributed by atoms with E-state index in [9.17, 15) is 4.39 Å². The van der Waals surface area contributed by atoms with Crippen LogP contribution in [0, 0.1) is 5.82 Å². The molecule has 0 aliphatic carbocycles. The van der Waals surface area contributed by atoms with Gasteiger partial charge in [-0.25, -0.2) is 4.39 Å². The summed E-state index contributed by atoms with van der Waals surface area (Å²) in [6.07, 6.45) is -0.649. The Kier molecular flexibility index (Phi) is 3.38. The fraction of sp³-hybridized carbons (Fsp3) is 0.455. The van der Waals surface area contributed by atoms with Crippen LogP contribution in [0.2, 0.25) is 0 Å². The minimum atomic E-state index is -0.533. The van der Waals surface area contributed by atoms with Gasteiger partial charge in [-0.15, -0.1) is 0 Å². The number of nitrogens with two attached hydrogens (primary N) is 1. The van der Waals surface area contributed by atoms with Gasteiger partial charge in [0, 0.05) is 12.1 Å². The summed E-state index contributed by atoms with van der Waals surface area (Å²) in [7, 11) is 1.42. The van der Waals surface area contributed by atoms with Gasteiger partial charge in [0.05, 0.1) is 19.8 Å². The average molecular weight is 227 g/mol. The first-order valence-electron chi connectivity index (χ1n) is 5.05. The predicted molar refractivity (Wildman–Crippen MR) is 55.6 cm³/mol. The lowest BCUT2D eigenvalue weighted by molar-refractivity contribution is -0.0587. The summed E-state index contributed by atoms with van der Waals surface area (Å²) in [6.45, 7) is 0.837. The van der Waals surface area contributed by atoms with Crippen LogP contribution in [0.1, 0.15) is 11.9 Å². The van der Waals surface area contributed by atoms with Crippen LogP contribution in [-0.2, 0) is 9.47 Å². The minimum Gasteiger partial charge on any atom is -0.494 e. The van der Waals surface area contributed by atoms with Crippen LogP contribution in [0.3, 0.4) is 0 Å². The highest BCUT2D eigenvalue weighted by molar-refractivity contribution is 5.30. The van der Waals surface area contributed by atoms with Crippen LogP contribution in [0.25, 0.3) is 0 Å². The van der Waals surface area contributed by atoms with E-state index in [1.165, 1.54) is 13.2 Å². The zero-order valence-electron chi connectivity index (χ0n) is 8.98. The topological polar surface area (TPSA) is 53.7 Å². The molecule has 4 nitrogen and oxygen atoms in total. The van der Waals surface area contributed by atoms with Crippen LogP contribution >= 0.6 is 0 Å². The monoisotopic (exact) mass is 227 g/mol. The molecule has 2 N–H and O–H groups in total. The number of halogens is 1. The van der Waals surface area contributed by atoms with Crippen LogP contribution in [0.15, 0.2) is 18.2 Å². The van der Waals surface area contributed by atoms with Crippen molar-refractivity contribution in [2.75, 3.05) is 20.3 Å². The summed E-state index contributed by atoms with van der Waals surface area (Å²) in [4.78, 5) is 0. The quantitative estimate of drug-likeness (QED) is 0.843. The molecule has 1 aromatic carbocycles. The Hall–Kier alpha value is -1.17. The third kappa shape index (κ3) is 2.16. The van der Waals surface area contributed by atoms with Gasteiger partial charge >= 0.3 is 0 Å². The molecule has 1 fully saturated rings. The van der Waals surface area contributed by atoms with E-state index in [-0.39, 0.29) is 11.9 Å². The van der Waals surface area contributed by atoms with E-state index in [2.05, 4.69) is 0 Å². The van der Waals surface area contributed by atoms with Gasteiger partial charge in [-0.3, -0.25) is 0 Å². The highest BCUT2D eigenvalue weighted by Crippen LogP contribution is 2.29. The van der Waals surface area contributed by atoms with Crippen molar-refractivity contribution in [2.45, 2.75) is 12.4 Å². The minimum absolute atomic E-state index is 0.116. The summed E-state index contributed by atoms with van der Waals surface area (Å²) < 4.78 is 29.1. The van der Waals surface area contributed by atoms with Gasteiger partial charge in [-0.2, -0.15) is 0 Å². The molecule has 5 heteroatoms. The third-order valence-corrected chi connectivity index (χ3v) is 2.46. The molecule has 2 rings (SSSR count). The number of hydrogen-bond donors (Lipinski definition) is 1. The second-order valence-corrected chi connectivity index (χ2v) is 3.55. The van der Waals surface area contributed by atoms with Crippen LogP contribution in [0.4, 0.5) is 4.39 Å². The van der Waals surface area contributed by atoms with E-state index in [1.54, 1.807) is 12.1 Å². The van der Waals surface area contributed by atoms with Crippen molar-refractivity contribution in [3.63, 3.8) is 0 Å². The molecule has 0 aromatic heterocycles. The molecule has 88 valence electrons. The molecule has 16 heavy (non-hydrogen) atoms. The second kappa shape index (κ2) is 4.78. The summed E-state index contributed by atoms with van der Waals surface area (Å²) >= 11 is 0. The molecule has 1 saturated heterocycles. The van der Waals surface area contributed by atoms with Gasteiger partial charge in [0.25, 0.3) is 0 Å². The van der Waals surface area contributed by atoms with Crippen LogP contribution in [-0.4, -0.2) is 26.4 Å². The summed E-state index contributed by atoms with van der Waals surface area (Å²) in [5.74, 6) is -0.222. The van der Waals surface area contributed by atoms with Gasteiger partial charge in [0.2, 0.25) is 0 Å². The summed E-state index contributed by atoms with van der Waals surface area (Å²) in [6, 6.07) is 4.61. The first kappa shape index (κ1) is 11.3. The van der Waals surface area contributed by atoms with Crippen molar-refractivity contribution in [3.8, 4) is 5.75 Å². The predicted octanol–water partition coefficient (Wildman–Crippen LogP) is 1.21. The number of rotatable bonds is 3. The first-order chi connectivity index (χ1) is 7.74. The molecule has 0 radical (unpaired) electrons. The molecule has 1 aliphatic rings. The first-order valence-corrected chi connectivity index (χ1v) is 5.05. The molecule has 0 amide bonds. The largest absolute Gasteiger partial charge is 0.494 e. The lowest BCUT2D eigenvalue weighted by Crippen LogP contribution is -2.21. The summed E-state index contributed by atoms with van der Waals surface area (Å²) in [5.41, 5.74) is 6.08. The Labute approximate surface area is 93.1 Å². The Morgan fingerprint density at radius 3 is 2.94 bits per heavy atom. The maximum Gasteiger partial charge on any atom is 0.184 e. The van der Waals surface area contributed by atoms with Crippen molar-refractivity contribution >= 4 is 0 Å². The molecular formula is C11H14FNO3. The average Bonchev–Trinajstić information content (AvgIpc) is 2.77. The van der Waals surface area contributed by atoms with Crippen molar-refractivity contribution in [2.24, 2.45) is 5.73 Å². The fourth-order valence-electron chi connectivity index (χ4n) is 1.58. The van der Waals surface area contributed by atoms with E-state index >= 15 is 0 Å². The lowest BCUT2D eigenvalue weighted by Gasteiger charge is -2.11. The van der Waals surface area contributed by atoms with E-state index in [4.69, 9.17) is 19.9 Å². The van der Waals surface area contributed by atoms with Gasteiger partial charge in [-0.05, 0) is 12.1 Å². The zero-order chi connectivity index (χ0) is 11.5. The molecule has 1 aromatic rings. The van der Waals surface area contributed by atoms with E-state index in [0.717, 1.165) is 0 Å². The van der Waals surface area contributed by atoms with Gasteiger partial charge < -0.3 is 19.9 Å². The van der Waals surface area contributed by atoms with Crippen molar-refractivity contribution in [1.82, 2.24) is 0 Å². The highest BCUT2D eigenvalue weighted by Gasteiger charge is 2.26. The smallest absolute Gasteiger partial charge is 0.184 e. The molecule has 1 aliphatic heterocycles. The SMILES string of the molecule is COc1ccc(C2OCC(CN)O2)cc1F. The Bertz CT molecular complexity index is 372. The Morgan fingerprint density at radius 1 is 1.56 bits per heavy atom. The molecule has 0 bridgehead atoms. The number of benzene rings is 1. The Balaban J connectivity index is 2.13. The molecular weight excluding hydrogens is 213 g/mol. The maximum absolute atomic E-state index is 13.4. The van der Waals surface area contributed by atoms with E-state index in [0.29, 0.717) is 18.7 Å². The van der Waals surface area contributed by atoms with Gasteiger partial charge in [0.15, 0.2) is 17.9 Å². The second-order valence-electron chi connectivity index (χ2n) is 3.55. The fourth-order valence-corrected chi connectivity index (χ4v) is 1.58. The maximum atomic E-state index is 13.4. The molecule has 2 unspecified atom stereocenters. The van der Waals surface area contributed by atoms with Crippen LogP contribution < -0.4 is 10.5 Å². The molecule has 2 atom stereocenters. The van der Waals surface area contributed by atoms with Gasteiger partial charge in [0.1, 0.15) is 0 Å². The Morgan fingerprint density at radius 2 is 2.38 bits per heavy atom. The number of hydrogen-bond acceptors (Lipinski definition) is 4. The molecule has 1 heterocycles. The number of ether oxygens (including phenoxy) is 3. The van der Waals surface area contributed by atoms with E-state index < -0.39 is 12.1 Å². The highest BCUT2D eigenvalue weighted by atomic mass is 19.1. The lowest BCUT2D eigenvalue weighted by atomic mass is 10.2. The van der Waals surface area contributed by atoms with E-state index in [1.807, 2.05) is 0 Å². The third-order valence-electron chi connectivity index (χ3n) is 2.46. The molecule has 0 saturated carbocycles. The van der Waals surface area contributed by atoms with Crippen molar-refractivity contribution < 1.29 is 18.6 Å². The molecule has 0 spiro atoms. The normalized spacial score (nSPS) is 24.7. The van der Waals surface area contributed by atoms with Crippen molar-refractivity contribution in [3.05, 3.63) is 29.6 Å². The van der Waals surface area contributed by atoms with Crippen LogP contribution in [0.5, 0.6) is 5.75 Å². The van der Waals surface area contributed by atoms with Crippen molar-refractivity contribution in [1.29, 1.82) is 0 Å². The number of methoxy groups -OCH3 is 1.